The Morgan fingerprint density at radius 1 is 1.00 bits per heavy atom. The van der Waals surface area contributed by atoms with Gasteiger partial charge in [-0.05, 0) is 23.8 Å². The fraction of sp³-hybridized carbons (Fsp3) is 0.0870. The smallest absolute Gasteiger partial charge is 0.127 e. The molecule has 0 atom stereocenters. The van der Waals surface area contributed by atoms with E-state index in [0.717, 1.165) is 43.4 Å². The summed E-state index contributed by atoms with van der Waals surface area (Å²) in [6.45, 7) is 0.536. The first-order chi connectivity index (χ1) is 14.3. The number of fused-ring (bicyclic) bond motifs is 1. The third-order valence-corrected chi connectivity index (χ3v) is 5.79. The number of aromatic nitrogens is 4. The highest BCUT2D eigenvalue weighted by atomic mass is 32.1. The maximum Gasteiger partial charge on any atom is 0.127 e. The quantitative estimate of drug-likeness (QED) is 0.401. The van der Waals surface area contributed by atoms with E-state index in [1.165, 1.54) is 0 Å². The van der Waals surface area contributed by atoms with Crippen molar-refractivity contribution >= 4 is 21.6 Å². The number of imidazole rings is 1. The van der Waals surface area contributed by atoms with Crippen LogP contribution in [-0.4, -0.2) is 19.5 Å². The van der Waals surface area contributed by atoms with Crippen molar-refractivity contribution in [3.8, 4) is 27.6 Å². The van der Waals surface area contributed by atoms with Gasteiger partial charge in [-0.3, -0.25) is 0 Å². The number of ether oxygens (including phenoxy) is 1. The second kappa shape index (κ2) is 7.48. The van der Waals surface area contributed by atoms with Crippen molar-refractivity contribution in [3.05, 3.63) is 85.1 Å². The fourth-order valence-electron chi connectivity index (χ4n) is 3.31. The van der Waals surface area contributed by atoms with Crippen LogP contribution < -0.4 is 4.74 Å². The second-order valence-electron chi connectivity index (χ2n) is 6.75. The SMILES string of the molecule is Cn1cnc(-c2cccc(OCc3ccccc3)c2)c1-c1cc2cncnc2s1. The first-order valence-electron chi connectivity index (χ1n) is 9.26. The summed E-state index contributed by atoms with van der Waals surface area (Å²) >= 11 is 1.65. The highest BCUT2D eigenvalue weighted by Crippen LogP contribution is 2.38. The molecule has 3 heterocycles. The molecule has 0 N–H and O–H groups in total. The van der Waals surface area contributed by atoms with Crippen LogP contribution in [0.3, 0.4) is 0 Å². The van der Waals surface area contributed by atoms with Crippen LogP contribution in [-0.2, 0) is 13.7 Å². The number of thiophene rings is 1. The van der Waals surface area contributed by atoms with Gasteiger partial charge in [0.15, 0.2) is 0 Å². The number of benzene rings is 2. The largest absolute Gasteiger partial charge is 0.489 e. The van der Waals surface area contributed by atoms with Crippen LogP contribution in [0.25, 0.3) is 32.0 Å². The van der Waals surface area contributed by atoms with Crippen LogP contribution in [0.2, 0.25) is 0 Å². The summed E-state index contributed by atoms with van der Waals surface area (Å²) in [5.74, 6) is 0.824. The van der Waals surface area contributed by atoms with Gasteiger partial charge in [-0.15, -0.1) is 11.3 Å². The maximum absolute atomic E-state index is 6.00. The van der Waals surface area contributed by atoms with Crippen LogP contribution in [0.5, 0.6) is 5.75 Å². The molecule has 5 rings (SSSR count). The lowest BCUT2D eigenvalue weighted by Gasteiger charge is -2.09. The highest BCUT2D eigenvalue weighted by molar-refractivity contribution is 7.21. The molecule has 0 fully saturated rings. The summed E-state index contributed by atoms with van der Waals surface area (Å²) in [7, 11) is 2.01. The van der Waals surface area contributed by atoms with E-state index in [-0.39, 0.29) is 0 Å². The Balaban J connectivity index is 1.49. The molecule has 0 radical (unpaired) electrons. The van der Waals surface area contributed by atoms with E-state index in [1.807, 2.05) is 60.5 Å². The summed E-state index contributed by atoms with van der Waals surface area (Å²) in [4.78, 5) is 15.3. The predicted molar refractivity (Wildman–Crippen MR) is 116 cm³/mol. The van der Waals surface area contributed by atoms with E-state index in [9.17, 15) is 0 Å². The molecule has 0 unspecified atom stereocenters. The molecule has 0 saturated carbocycles. The van der Waals surface area contributed by atoms with Crippen molar-refractivity contribution in [1.82, 2.24) is 19.5 Å². The molecule has 3 aromatic heterocycles. The molecule has 2 aromatic carbocycles. The minimum Gasteiger partial charge on any atom is -0.489 e. The van der Waals surface area contributed by atoms with Crippen LogP contribution in [0.4, 0.5) is 0 Å². The van der Waals surface area contributed by atoms with Crippen molar-refractivity contribution < 1.29 is 4.74 Å². The Hall–Kier alpha value is -3.51. The first kappa shape index (κ1) is 17.6. The number of aryl methyl sites for hydroxylation is 1. The third kappa shape index (κ3) is 3.50. The Morgan fingerprint density at radius 2 is 1.90 bits per heavy atom. The molecule has 142 valence electrons. The van der Waals surface area contributed by atoms with Crippen molar-refractivity contribution in [2.75, 3.05) is 0 Å². The number of nitrogens with zero attached hydrogens (tertiary/aromatic N) is 4. The number of hydrogen-bond donors (Lipinski definition) is 0. The van der Waals surface area contributed by atoms with Gasteiger partial charge < -0.3 is 9.30 Å². The minimum absolute atomic E-state index is 0.536. The zero-order valence-corrected chi connectivity index (χ0v) is 16.6. The summed E-state index contributed by atoms with van der Waals surface area (Å²) in [5, 5.41) is 1.04. The van der Waals surface area contributed by atoms with E-state index in [4.69, 9.17) is 4.74 Å². The van der Waals surface area contributed by atoms with Gasteiger partial charge in [-0.2, -0.15) is 0 Å². The van der Waals surface area contributed by atoms with Crippen molar-refractivity contribution in [2.45, 2.75) is 6.61 Å². The number of rotatable bonds is 5. The van der Waals surface area contributed by atoms with Gasteiger partial charge in [0, 0.05) is 24.2 Å². The topological polar surface area (TPSA) is 52.8 Å². The molecule has 0 amide bonds. The van der Waals surface area contributed by atoms with Crippen molar-refractivity contribution in [1.29, 1.82) is 0 Å². The molecule has 6 heteroatoms. The van der Waals surface area contributed by atoms with E-state index in [2.05, 4.69) is 39.2 Å². The summed E-state index contributed by atoms with van der Waals surface area (Å²) in [5.41, 5.74) is 4.16. The Labute approximate surface area is 172 Å². The molecule has 0 spiro atoms. The maximum atomic E-state index is 6.00. The predicted octanol–water partition coefficient (Wildman–Crippen LogP) is 5.34. The average molecular weight is 398 g/mol. The van der Waals surface area contributed by atoms with Crippen LogP contribution in [0, 0.1) is 0 Å². The number of hydrogen-bond acceptors (Lipinski definition) is 5. The zero-order valence-electron chi connectivity index (χ0n) is 15.8. The molecular weight excluding hydrogens is 380 g/mol. The minimum atomic E-state index is 0.536. The first-order valence-corrected chi connectivity index (χ1v) is 10.1. The molecule has 0 saturated heterocycles. The fourth-order valence-corrected chi connectivity index (χ4v) is 4.37. The summed E-state index contributed by atoms with van der Waals surface area (Å²) in [6.07, 6.45) is 5.27. The van der Waals surface area contributed by atoms with Gasteiger partial charge in [0.25, 0.3) is 0 Å². The van der Waals surface area contributed by atoms with Gasteiger partial charge in [0.2, 0.25) is 0 Å². The standard InChI is InChI=1S/C23H18N4OS/c1-27-15-26-21(22(27)20-11-18-12-24-14-25-23(18)29-20)17-8-5-9-19(10-17)28-13-16-6-3-2-4-7-16/h2-12,14-15H,13H2,1H3. The molecule has 0 aliphatic rings. The van der Waals surface area contributed by atoms with Crippen LogP contribution in [0.15, 0.2) is 79.5 Å². The zero-order chi connectivity index (χ0) is 19.6. The summed E-state index contributed by atoms with van der Waals surface area (Å²) in [6, 6.07) is 20.4. The Morgan fingerprint density at radius 3 is 2.76 bits per heavy atom. The van der Waals surface area contributed by atoms with E-state index < -0.39 is 0 Å². The molecule has 5 nitrogen and oxygen atoms in total. The Kier molecular flexibility index (Phi) is 4.54. The third-order valence-electron chi connectivity index (χ3n) is 4.72. The van der Waals surface area contributed by atoms with E-state index in [0.29, 0.717) is 6.61 Å². The lowest BCUT2D eigenvalue weighted by molar-refractivity contribution is 0.306. The molecule has 0 bridgehead atoms. The van der Waals surface area contributed by atoms with Gasteiger partial charge in [-0.1, -0.05) is 42.5 Å². The molecular formula is C23H18N4OS. The van der Waals surface area contributed by atoms with E-state index >= 15 is 0 Å². The highest BCUT2D eigenvalue weighted by Gasteiger charge is 2.16. The normalized spacial score (nSPS) is 11.1. The lowest BCUT2D eigenvalue weighted by atomic mass is 10.1. The molecule has 0 aliphatic carbocycles. The molecule has 5 aromatic rings. The summed E-state index contributed by atoms with van der Waals surface area (Å²) < 4.78 is 8.05. The van der Waals surface area contributed by atoms with Gasteiger partial charge >= 0.3 is 0 Å². The molecule has 0 aliphatic heterocycles. The molecule has 29 heavy (non-hydrogen) atoms. The van der Waals surface area contributed by atoms with Crippen LogP contribution >= 0.6 is 11.3 Å². The van der Waals surface area contributed by atoms with Crippen molar-refractivity contribution in [2.24, 2.45) is 7.05 Å². The monoisotopic (exact) mass is 398 g/mol. The Bertz CT molecular complexity index is 1240. The van der Waals surface area contributed by atoms with Crippen molar-refractivity contribution in [3.63, 3.8) is 0 Å². The van der Waals surface area contributed by atoms with Crippen LogP contribution in [0.1, 0.15) is 5.56 Å². The second-order valence-corrected chi connectivity index (χ2v) is 7.78. The van der Waals surface area contributed by atoms with E-state index in [1.54, 1.807) is 17.7 Å². The van der Waals surface area contributed by atoms with Gasteiger partial charge in [0.05, 0.1) is 22.6 Å². The lowest BCUT2D eigenvalue weighted by Crippen LogP contribution is -1.95. The van der Waals surface area contributed by atoms with Gasteiger partial charge in [-0.25, -0.2) is 15.0 Å². The average Bonchev–Trinajstić information content (AvgIpc) is 3.36. The van der Waals surface area contributed by atoms with Gasteiger partial charge in [0.1, 0.15) is 23.5 Å².